The van der Waals surface area contributed by atoms with Crippen molar-refractivity contribution in [1.82, 2.24) is 14.8 Å². The molecule has 0 radical (unpaired) electrons. The highest BCUT2D eigenvalue weighted by Crippen LogP contribution is 2.14. The summed E-state index contributed by atoms with van der Waals surface area (Å²) in [5, 5.41) is 4.56. The van der Waals surface area contributed by atoms with Gasteiger partial charge in [-0.05, 0) is 60.5 Å². The molecule has 1 heterocycles. The highest BCUT2D eigenvalue weighted by Gasteiger charge is 2.16. The quantitative estimate of drug-likeness (QED) is 0.434. The van der Waals surface area contributed by atoms with Gasteiger partial charge in [-0.15, -0.1) is 11.3 Å². The van der Waals surface area contributed by atoms with E-state index in [-0.39, 0.29) is 28.4 Å². The van der Waals surface area contributed by atoms with Crippen molar-refractivity contribution in [2.24, 2.45) is 0 Å². The van der Waals surface area contributed by atoms with Crippen LogP contribution in [0.25, 0.3) is 0 Å². The highest BCUT2D eigenvalue weighted by atomic mass is 32.2. The monoisotopic (exact) mass is 479 g/mol. The average Bonchev–Trinajstić information content (AvgIpc) is 3.30. The van der Waals surface area contributed by atoms with Crippen molar-refractivity contribution >= 4 is 37.3 Å². The Balaban J connectivity index is 1.62. The standard InChI is InChI=1S/C20H21N3O5S3/c1-21-30(25,26)19-6-2-4-15(12-19)13-22-20(24)16-7-9-18(10-8-16)31(27,28)23-14-17-5-3-11-29-17/h2-12,21,23H,13-14H2,1H3,(H,22,24). The molecule has 0 unspecified atom stereocenters. The van der Waals surface area contributed by atoms with Gasteiger partial charge < -0.3 is 5.32 Å². The molecule has 8 nitrogen and oxygen atoms in total. The molecule has 11 heteroatoms. The third-order valence-electron chi connectivity index (χ3n) is 4.37. The average molecular weight is 480 g/mol. The SMILES string of the molecule is CNS(=O)(=O)c1cccc(CNC(=O)c2ccc(S(=O)(=O)NCc3cccs3)cc2)c1. The van der Waals surface area contributed by atoms with E-state index in [0.717, 1.165) is 4.88 Å². The molecular formula is C20H21N3O5S3. The fourth-order valence-corrected chi connectivity index (χ4v) is 5.22. The molecule has 0 bridgehead atoms. The van der Waals surface area contributed by atoms with Crippen LogP contribution in [0.3, 0.4) is 0 Å². The number of sulfonamides is 2. The Bertz CT molecular complexity index is 1250. The zero-order chi connectivity index (χ0) is 22.5. The smallest absolute Gasteiger partial charge is 0.251 e. The molecule has 0 aliphatic rings. The first-order chi connectivity index (χ1) is 14.7. The highest BCUT2D eigenvalue weighted by molar-refractivity contribution is 7.89. The summed E-state index contributed by atoms with van der Waals surface area (Å²) < 4.78 is 53.3. The van der Waals surface area contributed by atoms with Crippen LogP contribution in [0.15, 0.2) is 75.8 Å². The third kappa shape index (κ3) is 5.99. The first-order valence-corrected chi connectivity index (χ1v) is 13.0. The van der Waals surface area contributed by atoms with Crippen LogP contribution >= 0.6 is 11.3 Å². The normalized spacial score (nSPS) is 11.9. The van der Waals surface area contributed by atoms with E-state index in [2.05, 4.69) is 14.8 Å². The second-order valence-corrected chi connectivity index (χ2v) is 11.2. The summed E-state index contributed by atoms with van der Waals surface area (Å²) in [5.41, 5.74) is 0.901. The maximum atomic E-state index is 12.4. The summed E-state index contributed by atoms with van der Waals surface area (Å²) in [6.45, 7) is 0.318. The van der Waals surface area contributed by atoms with Crippen LogP contribution in [0.4, 0.5) is 0 Å². The molecule has 1 amide bonds. The van der Waals surface area contributed by atoms with Gasteiger partial charge in [0.15, 0.2) is 0 Å². The molecule has 0 atom stereocenters. The topological polar surface area (TPSA) is 121 Å². The number of hydrogen-bond acceptors (Lipinski definition) is 6. The van der Waals surface area contributed by atoms with E-state index in [1.807, 2.05) is 17.5 Å². The van der Waals surface area contributed by atoms with Gasteiger partial charge in [0.05, 0.1) is 9.79 Å². The number of benzene rings is 2. The Kier molecular flexibility index (Phi) is 7.23. The fraction of sp³-hybridized carbons (Fsp3) is 0.150. The molecule has 2 aromatic carbocycles. The number of amides is 1. The van der Waals surface area contributed by atoms with E-state index in [1.54, 1.807) is 12.1 Å². The van der Waals surface area contributed by atoms with Gasteiger partial charge in [-0.1, -0.05) is 18.2 Å². The van der Waals surface area contributed by atoms with Crippen molar-refractivity contribution in [3.8, 4) is 0 Å². The molecule has 3 aromatic rings. The van der Waals surface area contributed by atoms with E-state index in [9.17, 15) is 21.6 Å². The predicted molar refractivity (Wildman–Crippen MR) is 119 cm³/mol. The van der Waals surface area contributed by atoms with Crippen molar-refractivity contribution in [3.05, 3.63) is 82.0 Å². The summed E-state index contributed by atoms with van der Waals surface area (Å²) >= 11 is 1.46. The van der Waals surface area contributed by atoms with Crippen LogP contribution in [0.5, 0.6) is 0 Å². The lowest BCUT2D eigenvalue weighted by Gasteiger charge is -2.09. The summed E-state index contributed by atoms with van der Waals surface area (Å²) in [6, 6.07) is 15.5. The maximum Gasteiger partial charge on any atom is 0.251 e. The summed E-state index contributed by atoms with van der Waals surface area (Å²) in [7, 11) is -5.94. The van der Waals surface area contributed by atoms with Crippen LogP contribution in [-0.2, 0) is 33.1 Å². The number of carbonyl (C=O) groups is 1. The van der Waals surface area contributed by atoms with Crippen molar-refractivity contribution in [3.63, 3.8) is 0 Å². The van der Waals surface area contributed by atoms with Gasteiger partial charge in [0.2, 0.25) is 20.0 Å². The third-order valence-corrected chi connectivity index (χ3v) is 8.08. The zero-order valence-corrected chi connectivity index (χ0v) is 19.0. The minimum absolute atomic E-state index is 0.0607. The Hall–Kier alpha value is -2.57. The molecule has 0 fully saturated rings. The van der Waals surface area contributed by atoms with E-state index < -0.39 is 26.0 Å². The van der Waals surface area contributed by atoms with Crippen molar-refractivity contribution in [2.45, 2.75) is 22.9 Å². The summed E-state index contributed by atoms with van der Waals surface area (Å²) in [6.07, 6.45) is 0. The molecular weight excluding hydrogens is 458 g/mol. The second-order valence-electron chi connectivity index (χ2n) is 6.47. The van der Waals surface area contributed by atoms with E-state index >= 15 is 0 Å². The van der Waals surface area contributed by atoms with Crippen molar-refractivity contribution in [1.29, 1.82) is 0 Å². The number of hydrogen-bond donors (Lipinski definition) is 3. The van der Waals surface area contributed by atoms with Crippen LogP contribution < -0.4 is 14.8 Å². The molecule has 31 heavy (non-hydrogen) atoms. The van der Waals surface area contributed by atoms with Crippen LogP contribution in [0.2, 0.25) is 0 Å². The van der Waals surface area contributed by atoms with Gasteiger partial charge in [-0.3, -0.25) is 4.79 Å². The molecule has 3 N–H and O–H groups in total. The Morgan fingerprint density at radius 3 is 2.26 bits per heavy atom. The second kappa shape index (κ2) is 9.71. The van der Waals surface area contributed by atoms with E-state index in [0.29, 0.717) is 5.56 Å². The minimum Gasteiger partial charge on any atom is -0.348 e. The number of rotatable bonds is 9. The first-order valence-electron chi connectivity index (χ1n) is 9.14. The Labute approximate surface area is 185 Å². The molecule has 0 saturated heterocycles. The lowest BCUT2D eigenvalue weighted by molar-refractivity contribution is 0.0950. The molecule has 3 rings (SSSR count). The molecule has 1 aromatic heterocycles. The lowest BCUT2D eigenvalue weighted by atomic mass is 10.2. The molecule has 0 aliphatic heterocycles. The van der Waals surface area contributed by atoms with Crippen LogP contribution in [0, 0.1) is 0 Å². The largest absolute Gasteiger partial charge is 0.348 e. The van der Waals surface area contributed by atoms with Gasteiger partial charge in [0.1, 0.15) is 0 Å². The predicted octanol–water partition coefficient (Wildman–Crippen LogP) is 2.06. The van der Waals surface area contributed by atoms with E-state index in [1.165, 1.54) is 54.8 Å². The fourth-order valence-electron chi connectivity index (χ4n) is 2.67. The number of thiophene rings is 1. The Morgan fingerprint density at radius 2 is 1.61 bits per heavy atom. The number of carbonyl (C=O) groups excluding carboxylic acids is 1. The maximum absolute atomic E-state index is 12.4. The van der Waals surface area contributed by atoms with Crippen LogP contribution in [-0.4, -0.2) is 29.8 Å². The number of nitrogens with one attached hydrogen (secondary N) is 3. The summed E-state index contributed by atoms with van der Waals surface area (Å²) in [5.74, 6) is -0.405. The molecule has 0 aliphatic carbocycles. The molecule has 0 spiro atoms. The van der Waals surface area contributed by atoms with Gasteiger partial charge >= 0.3 is 0 Å². The summed E-state index contributed by atoms with van der Waals surface area (Å²) in [4.78, 5) is 13.5. The Morgan fingerprint density at radius 1 is 0.871 bits per heavy atom. The van der Waals surface area contributed by atoms with Crippen LogP contribution in [0.1, 0.15) is 20.8 Å². The van der Waals surface area contributed by atoms with Crippen molar-refractivity contribution in [2.75, 3.05) is 7.05 Å². The minimum atomic E-state index is -3.69. The lowest BCUT2D eigenvalue weighted by Crippen LogP contribution is -2.24. The molecule has 0 saturated carbocycles. The first kappa shape index (κ1) is 23.1. The van der Waals surface area contributed by atoms with Gasteiger partial charge in [0.25, 0.3) is 5.91 Å². The van der Waals surface area contributed by atoms with E-state index in [4.69, 9.17) is 0 Å². The molecule has 164 valence electrons. The zero-order valence-electron chi connectivity index (χ0n) is 16.5. The van der Waals surface area contributed by atoms with Gasteiger partial charge in [-0.2, -0.15) is 0 Å². The van der Waals surface area contributed by atoms with Gasteiger partial charge in [0, 0.05) is 23.5 Å². The van der Waals surface area contributed by atoms with Gasteiger partial charge in [-0.25, -0.2) is 26.3 Å². The van der Waals surface area contributed by atoms with Crippen molar-refractivity contribution < 1.29 is 21.6 Å².